The van der Waals surface area contributed by atoms with Gasteiger partial charge in [-0.3, -0.25) is 4.79 Å². The van der Waals surface area contributed by atoms with Crippen LogP contribution in [0.2, 0.25) is 0 Å². The summed E-state index contributed by atoms with van der Waals surface area (Å²) in [6.07, 6.45) is 3.29. The van der Waals surface area contributed by atoms with Crippen molar-refractivity contribution in [2.45, 2.75) is 25.3 Å². The van der Waals surface area contributed by atoms with E-state index in [2.05, 4.69) is 29.6 Å². The van der Waals surface area contributed by atoms with Crippen molar-refractivity contribution >= 4 is 17.7 Å². The van der Waals surface area contributed by atoms with Crippen LogP contribution in [-0.2, 0) is 11.2 Å². The van der Waals surface area contributed by atoms with Gasteiger partial charge in [0.2, 0.25) is 5.91 Å². The molecular formula is C20H23NO2S. The van der Waals surface area contributed by atoms with Gasteiger partial charge in [-0.05, 0) is 42.5 Å². The Labute approximate surface area is 147 Å². The number of para-hydroxylation sites is 1. The quantitative estimate of drug-likeness (QED) is 0.774. The predicted octanol–water partition coefficient (Wildman–Crippen LogP) is 3.99. The van der Waals surface area contributed by atoms with E-state index in [0.717, 1.165) is 30.8 Å². The molecule has 4 heteroatoms. The molecule has 0 aliphatic heterocycles. The maximum atomic E-state index is 12.2. The molecule has 3 rings (SSSR count). The Kier molecular flexibility index (Phi) is 6.19. The number of carbonyl (C=O) groups is 1. The fraction of sp³-hybridized carbons (Fsp3) is 0.350. The highest BCUT2D eigenvalue weighted by atomic mass is 32.2. The van der Waals surface area contributed by atoms with Crippen LogP contribution in [0.15, 0.2) is 54.6 Å². The summed E-state index contributed by atoms with van der Waals surface area (Å²) < 4.78 is 5.63. The highest BCUT2D eigenvalue weighted by Gasteiger charge is 2.21. The third kappa shape index (κ3) is 4.78. The summed E-state index contributed by atoms with van der Waals surface area (Å²) in [5, 5.41) is 3.18. The van der Waals surface area contributed by atoms with E-state index in [1.54, 1.807) is 11.8 Å². The minimum Gasteiger partial charge on any atom is -0.493 e. The van der Waals surface area contributed by atoms with Crippen molar-refractivity contribution in [2.75, 3.05) is 18.1 Å². The van der Waals surface area contributed by atoms with Gasteiger partial charge in [-0.2, -0.15) is 0 Å². The first-order valence-corrected chi connectivity index (χ1v) is 9.61. The highest BCUT2D eigenvalue weighted by molar-refractivity contribution is 7.99. The van der Waals surface area contributed by atoms with Gasteiger partial charge in [0.15, 0.2) is 0 Å². The van der Waals surface area contributed by atoms with Gasteiger partial charge >= 0.3 is 0 Å². The van der Waals surface area contributed by atoms with E-state index >= 15 is 0 Å². The number of nitrogens with one attached hydrogen (secondary N) is 1. The van der Waals surface area contributed by atoms with Crippen LogP contribution in [0.1, 0.15) is 30.0 Å². The smallest absolute Gasteiger partial charge is 0.230 e. The number of carbonyl (C=O) groups excluding carboxylic acids is 1. The fourth-order valence-corrected chi connectivity index (χ4v) is 3.65. The lowest BCUT2D eigenvalue weighted by Gasteiger charge is -2.26. The molecule has 0 heterocycles. The first kappa shape index (κ1) is 16.9. The number of rotatable bonds is 7. The van der Waals surface area contributed by atoms with Crippen LogP contribution in [0.5, 0.6) is 5.75 Å². The van der Waals surface area contributed by atoms with Crippen LogP contribution in [0.3, 0.4) is 0 Å². The zero-order valence-electron chi connectivity index (χ0n) is 13.7. The molecule has 24 heavy (non-hydrogen) atoms. The lowest BCUT2D eigenvalue weighted by Crippen LogP contribution is -2.32. The van der Waals surface area contributed by atoms with E-state index in [1.807, 2.05) is 30.3 Å². The van der Waals surface area contributed by atoms with Crippen LogP contribution in [0.25, 0.3) is 0 Å². The minimum atomic E-state index is 0.112. The van der Waals surface area contributed by atoms with Crippen LogP contribution in [0, 0.1) is 0 Å². The van der Waals surface area contributed by atoms with Gasteiger partial charge in [-0.1, -0.05) is 42.5 Å². The zero-order chi connectivity index (χ0) is 16.6. The number of aryl methyl sites for hydroxylation is 1. The predicted molar refractivity (Wildman–Crippen MR) is 99.5 cm³/mol. The molecule has 0 spiro atoms. The molecule has 1 N–H and O–H groups in total. The Balaban J connectivity index is 1.37. The van der Waals surface area contributed by atoms with Gasteiger partial charge in [0, 0.05) is 5.75 Å². The lowest BCUT2D eigenvalue weighted by molar-refractivity contribution is -0.119. The molecule has 0 saturated carbocycles. The third-order valence-electron chi connectivity index (χ3n) is 4.18. The van der Waals surface area contributed by atoms with Crippen molar-refractivity contribution in [1.82, 2.24) is 5.32 Å². The summed E-state index contributed by atoms with van der Waals surface area (Å²) in [6.45, 7) is 0.619. The normalized spacial score (nSPS) is 16.2. The maximum absolute atomic E-state index is 12.2. The SMILES string of the molecule is O=C(CSCCOc1ccccc1)NC1CCCc2ccccc21. The minimum absolute atomic E-state index is 0.112. The van der Waals surface area contributed by atoms with E-state index in [-0.39, 0.29) is 11.9 Å². The average molecular weight is 341 g/mol. The van der Waals surface area contributed by atoms with Gasteiger partial charge in [0.1, 0.15) is 5.75 Å². The summed E-state index contributed by atoms with van der Waals surface area (Å²) in [6, 6.07) is 18.4. The van der Waals surface area contributed by atoms with Gasteiger partial charge in [-0.15, -0.1) is 11.8 Å². The molecule has 126 valence electrons. The number of benzene rings is 2. The van der Waals surface area contributed by atoms with E-state index < -0.39 is 0 Å². The van der Waals surface area contributed by atoms with Gasteiger partial charge in [-0.25, -0.2) is 0 Å². The monoisotopic (exact) mass is 341 g/mol. The van der Waals surface area contributed by atoms with E-state index in [0.29, 0.717) is 12.4 Å². The topological polar surface area (TPSA) is 38.3 Å². The second kappa shape index (κ2) is 8.78. The molecule has 1 amide bonds. The largest absolute Gasteiger partial charge is 0.493 e. The number of hydrogen-bond donors (Lipinski definition) is 1. The molecule has 3 nitrogen and oxygen atoms in total. The summed E-state index contributed by atoms with van der Waals surface area (Å²) in [7, 11) is 0. The molecule has 1 aliphatic carbocycles. The van der Waals surface area contributed by atoms with Crippen molar-refractivity contribution < 1.29 is 9.53 Å². The van der Waals surface area contributed by atoms with Crippen molar-refractivity contribution in [2.24, 2.45) is 0 Å². The van der Waals surface area contributed by atoms with Crippen LogP contribution in [0.4, 0.5) is 0 Å². The number of hydrogen-bond acceptors (Lipinski definition) is 3. The van der Waals surface area contributed by atoms with Crippen LogP contribution >= 0.6 is 11.8 Å². The van der Waals surface area contributed by atoms with E-state index in [1.165, 1.54) is 11.1 Å². The van der Waals surface area contributed by atoms with Crippen molar-refractivity contribution in [3.05, 3.63) is 65.7 Å². The van der Waals surface area contributed by atoms with Gasteiger partial charge < -0.3 is 10.1 Å². The number of thioether (sulfide) groups is 1. The zero-order valence-corrected chi connectivity index (χ0v) is 14.6. The molecule has 0 saturated heterocycles. The van der Waals surface area contributed by atoms with E-state index in [9.17, 15) is 4.79 Å². The molecule has 2 aromatic carbocycles. The van der Waals surface area contributed by atoms with Gasteiger partial charge in [0.25, 0.3) is 0 Å². The summed E-state index contributed by atoms with van der Waals surface area (Å²) in [5.41, 5.74) is 2.66. The summed E-state index contributed by atoms with van der Waals surface area (Å²) in [5.74, 6) is 2.28. The van der Waals surface area contributed by atoms with E-state index in [4.69, 9.17) is 4.74 Å². The van der Waals surface area contributed by atoms with Crippen molar-refractivity contribution in [1.29, 1.82) is 0 Å². The first-order valence-electron chi connectivity index (χ1n) is 8.46. The number of amides is 1. The second-order valence-corrected chi connectivity index (χ2v) is 7.03. The lowest BCUT2D eigenvalue weighted by atomic mass is 9.88. The number of fused-ring (bicyclic) bond motifs is 1. The Morgan fingerprint density at radius 3 is 2.79 bits per heavy atom. The molecular weight excluding hydrogens is 318 g/mol. The third-order valence-corrected chi connectivity index (χ3v) is 5.10. The van der Waals surface area contributed by atoms with Crippen molar-refractivity contribution in [3.8, 4) is 5.75 Å². The second-order valence-electron chi connectivity index (χ2n) is 5.93. The molecule has 1 atom stereocenters. The standard InChI is InChI=1S/C20H23NO2S/c22-20(15-24-14-13-23-17-9-2-1-3-10-17)21-19-12-6-8-16-7-4-5-11-18(16)19/h1-5,7,9-11,19H,6,8,12-15H2,(H,21,22). The summed E-state index contributed by atoms with van der Waals surface area (Å²) >= 11 is 1.61. The van der Waals surface area contributed by atoms with Crippen LogP contribution < -0.4 is 10.1 Å². The molecule has 0 aromatic heterocycles. The molecule has 0 fully saturated rings. The van der Waals surface area contributed by atoms with Crippen LogP contribution in [-0.4, -0.2) is 24.0 Å². The fourth-order valence-electron chi connectivity index (χ4n) is 3.04. The average Bonchev–Trinajstić information content (AvgIpc) is 2.63. The Bertz CT molecular complexity index is 660. The number of ether oxygens (including phenoxy) is 1. The summed E-state index contributed by atoms with van der Waals surface area (Å²) in [4.78, 5) is 12.2. The Morgan fingerprint density at radius 2 is 1.92 bits per heavy atom. The molecule has 1 aliphatic rings. The molecule has 0 radical (unpaired) electrons. The maximum Gasteiger partial charge on any atom is 0.230 e. The first-order chi connectivity index (χ1) is 11.8. The molecule has 1 unspecified atom stereocenters. The van der Waals surface area contributed by atoms with Gasteiger partial charge in [0.05, 0.1) is 18.4 Å². The Hall–Kier alpha value is -1.94. The van der Waals surface area contributed by atoms with Crippen molar-refractivity contribution in [3.63, 3.8) is 0 Å². The molecule has 2 aromatic rings. The Morgan fingerprint density at radius 1 is 1.12 bits per heavy atom. The highest BCUT2D eigenvalue weighted by Crippen LogP contribution is 2.29. The molecule has 0 bridgehead atoms.